The lowest BCUT2D eigenvalue weighted by molar-refractivity contribution is -0.0503. The predicted molar refractivity (Wildman–Crippen MR) is 73.5 cm³/mol. The summed E-state index contributed by atoms with van der Waals surface area (Å²) in [6, 6.07) is 6.16. The van der Waals surface area contributed by atoms with E-state index in [1.54, 1.807) is 17.0 Å². The van der Waals surface area contributed by atoms with Gasteiger partial charge in [0.1, 0.15) is 5.75 Å². The maximum absolute atomic E-state index is 12.6. The summed E-state index contributed by atoms with van der Waals surface area (Å²) in [5, 5.41) is 8.95. The number of carbonyl (C=O) groups excluding carboxylic acids is 1. The van der Waals surface area contributed by atoms with Crippen LogP contribution in [0.15, 0.2) is 24.3 Å². The highest BCUT2D eigenvalue weighted by Gasteiger charge is 2.30. The van der Waals surface area contributed by atoms with Gasteiger partial charge in [-0.1, -0.05) is 12.1 Å². The molecule has 6 heteroatoms. The smallest absolute Gasteiger partial charge is 0.387 e. The molecule has 0 heterocycles. The average molecular weight is 299 g/mol. The molecular formula is C15H19F2NO3. The zero-order chi connectivity index (χ0) is 15.2. The molecule has 1 saturated carbocycles. The fourth-order valence-corrected chi connectivity index (χ4v) is 2.39. The lowest BCUT2D eigenvalue weighted by Crippen LogP contribution is -2.45. The number of halogens is 2. The van der Waals surface area contributed by atoms with Crippen LogP contribution in [-0.2, 0) is 0 Å². The largest absolute Gasteiger partial charge is 0.434 e. The van der Waals surface area contributed by atoms with E-state index in [9.17, 15) is 13.6 Å². The number of carbonyl (C=O) groups is 1. The molecule has 21 heavy (non-hydrogen) atoms. The Kier molecular flexibility index (Phi) is 5.50. The van der Waals surface area contributed by atoms with E-state index in [1.165, 1.54) is 12.1 Å². The summed E-state index contributed by atoms with van der Waals surface area (Å²) in [7, 11) is 0. The fraction of sp³-hybridized carbons (Fsp3) is 0.533. The Bertz CT molecular complexity index is 478. The Morgan fingerprint density at radius 1 is 1.38 bits per heavy atom. The summed E-state index contributed by atoms with van der Waals surface area (Å²) in [5.74, 6) is -0.421. The second-order valence-electron chi connectivity index (χ2n) is 5.04. The van der Waals surface area contributed by atoms with Gasteiger partial charge in [0.15, 0.2) is 0 Å². The molecule has 1 fully saturated rings. The summed E-state index contributed by atoms with van der Waals surface area (Å²) < 4.78 is 29.3. The highest BCUT2D eigenvalue weighted by molar-refractivity contribution is 5.97. The first-order valence-corrected chi connectivity index (χ1v) is 7.09. The molecule has 0 atom stereocenters. The quantitative estimate of drug-likeness (QED) is 0.842. The molecule has 1 amide bonds. The van der Waals surface area contributed by atoms with Crippen LogP contribution in [0.5, 0.6) is 5.75 Å². The molecule has 0 unspecified atom stereocenters. The molecule has 0 radical (unpaired) electrons. The van der Waals surface area contributed by atoms with Gasteiger partial charge in [-0.25, -0.2) is 0 Å². The van der Waals surface area contributed by atoms with Gasteiger partial charge >= 0.3 is 6.61 Å². The van der Waals surface area contributed by atoms with Gasteiger partial charge in [0.25, 0.3) is 5.91 Å². The van der Waals surface area contributed by atoms with E-state index in [0.29, 0.717) is 13.0 Å². The van der Waals surface area contributed by atoms with Crippen molar-refractivity contribution in [2.24, 2.45) is 0 Å². The Hall–Kier alpha value is -1.69. The van der Waals surface area contributed by atoms with Gasteiger partial charge in [0.05, 0.1) is 5.56 Å². The van der Waals surface area contributed by atoms with Crippen LogP contribution < -0.4 is 4.74 Å². The van der Waals surface area contributed by atoms with E-state index in [0.717, 1.165) is 19.3 Å². The minimum atomic E-state index is -2.96. The van der Waals surface area contributed by atoms with Crippen LogP contribution in [0.25, 0.3) is 0 Å². The van der Waals surface area contributed by atoms with Crippen LogP contribution in [0.3, 0.4) is 0 Å². The first-order valence-electron chi connectivity index (χ1n) is 7.09. The molecular weight excluding hydrogens is 280 g/mol. The number of amides is 1. The Morgan fingerprint density at radius 2 is 2.10 bits per heavy atom. The second-order valence-corrected chi connectivity index (χ2v) is 5.04. The third-order valence-corrected chi connectivity index (χ3v) is 3.67. The summed E-state index contributed by atoms with van der Waals surface area (Å²) in [5.41, 5.74) is 0.141. The number of hydrogen-bond donors (Lipinski definition) is 1. The third kappa shape index (κ3) is 3.91. The number of hydrogen-bond acceptors (Lipinski definition) is 3. The number of alkyl halides is 2. The van der Waals surface area contributed by atoms with Crippen molar-refractivity contribution >= 4 is 5.91 Å². The second kappa shape index (κ2) is 7.36. The molecule has 1 aromatic carbocycles. The van der Waals surface area contributed by atoms with Crippen molar-refractivity contribution in [3.05, 3.63) is 29.8 Å². The van der Waals surface area contributed by atoms with E-state index in [1.807, 2.05) is 0 Å². The normalized spacial score (nSPS) is 14.9. The van der Waals surface area contributed by atoms with Gasteiger partial charge in [0, 0.05) is 19.2 Å². The SMILES string of the molecule is O=C(c1ccccc1OC(F)F)N(CCCO)C1CCC1. The predicted octanol–water partition coefficient (Wildman–Crippen LogP) is 2.67. The fourth-order valence-electron chi connectivity index (χ4n) is 2.39. The van der Waals surface area contributed by atoms with Crippen LogP contribution in [0.4, 0.5) is 8.78 Å². The number of nitrogens with zero attached hydrogens (tertiary/aromatic N) is 1. The summed E-state index contributed by atoms with van der Waals surface area (Å²) in [6.45, 7) is -2.55. The van der Waals surface area contributed by atoms with Crippen molar-refractivity contribution in [2.75, 3.05) is 13.2 Å². The average Bonchev–Trinajstić information content (AvgIpc) is 2.40. The number of para-hydroxylation sites is 1. The molecule has 2 rings (SSSR count). The molecule has 4 nitrogen and oxygen atoms in total. The molecule has 0 spiro atoms. The number of rotatable bonds is 7. The Morgan fingerprint density at radius 3 is 2.67 bits per heavy atom. The highest BCUT2D eigenvalue weighted by atomic mass is 19.3. The number of benzene rings is 1. The van der Waals surface area contributed by atoms with E-state index in [2.05, 4.69) is 4.74 Å². The van der Waals surface area contributed by atoms with Crippen molar-refractivity contribution < 1.29 is 23.4 Å². The molecule has 1 N–H and O–H groups in total. The van der Waals surface area contributed by atoms with Crippen molar-refractivity contribution in [2.45, 2.75) is 38.3 Å². The molecule has 0 saturated heterocycles. The number of ether oxygens (including phenoxy) is 1. The van der Waals surface area contributed by atoms with Crippen molar-refractivity contribution in [3.8, 4) is 5.75 Å². The summed E-state index contributed by atoms with van der Waals surface area (Å²) >= 11 is 0. The zero-order valence-corrected chi connectivity index (χ0v) is 11.7. The van der Waals surface area contributed by atoms with Crippen LogP contribution >= 0.6 is 0 Å². The number of aliphatic hydroxyl groups excluding tert-OH is 1. The van der Waals surface area contributed by atoms with Crippen LogP contribution in [0, 0.1) is 0 Å². The van der Waals surface area contributed by atoms with E-state index < -0.39 is 6.61 Å². The Balaban J connectivity index is 2.19. The van der Waals surface area contributed by atoms with E-state index in [-0.39, 0.29) is 29.9 Å². The molecule has 0 aromatic heterocycles. The van der Waals surface area contributed by atoms with Gasteiger partial charge in [-0.15, -0.1) is 0 Å². The van der Waals surface area contributed by atoms with Gasteiger partial charge in [-0.3, -0.25) is 4.79 Å². The van der Waals surface area contributed by atoms with Crippen molar-refractivity contribution in [1.29, 1.82) is 0 Å². The molecule has 116 valence electrons. The minimum absolute atomic E-state index is 0.00825. The van der Waals surface area contributed by atoms with E-state index in [4.69, 9.17) is 5.11 Å². The van der Waals surface area contributed by atoms with Crippen molar-refractivity contribution in [1.82, 2.24) is 4.90 Å². The van der Waals surface area contributed by atoms with Crippen LogP contribution in [0.2, 0.25) is 0 Å². The lowest BCUT2D eigenvalue weighted by atomic mass is 9.90. The van der Waals surface area contributed by atoms with Crippen LogP contribution in [-0.4, -0.2) is 41.7 Å². The maximum atomic E-state index is 12.6. The van der Waals surface area contributed by atoms with Crippen LogP contribution in [0.1, 0.15) is 36.0 Å². The standard InChI is InChI=1S/C15H19F2NO3/c16-15(17)21-13-8-2-1-7-12(13)14(20)18(9-4-10-19)11-5-3-6-11/h1-2,7-8,11,15,19H,3-6,9-10H2. The monoisotopic (exact) mass is 299 g/mol. The maximum Gasteiger partial charge on any atom is 0.387 e. The molecule has 1 aliphatic rings. The summed E-state index contributed by atoms with van der Waals surface area (Å²) in [6.07, 6.45) is 3.35. The first-order chi connectivity index (χ1) is 10.1. The minimum Gasteiger partial charge on any atom is -0.434 e. The van der Waals surface area contributed by atoms with Gasteiger partial charge in [-0.05, 0) is 37.8 Å². The van der Waals surface area contributed by atoms with Crippen molar-refractivity contribution in [3.63, 3.8) is 0 Å². The molecule has 1 aromatic rings. The lowest BCUT2D eigenvalue weighted by Gasteiger charge is -2.37. The Labute approximate surface area is 122 Å². The van der Waals surface area contributed by atoms with E-state index >= 15 is 0 Å². The van der Waals surface area contributed by atoms with Gasteiger partial charge < -0.3 is 14.7 Å². The molecule has 0 aliphatic heterocycles. The van der Waals surface area contributed by atoms with Gasteiger partial charge in [-0.2, -0.15) is 8.78 Å². The summed E-state index contributed by atoms with van der Waals surface area (Å²) in [4.78, 5) is 14.3. The zero-order valence-electron chi connectivity index (χ0n) is 11.7. The molecule has 0 bridgehead atoms. The van der Waals surface area contributed by atoms with Gasteiger partial charge in [0.2, 0.25) is 0 Å². The topological polar surface area (TPSA) is 49.8 Å². The third-order valence-electron chi connectivity index (χ3n) is 3.67. The number of aliphatic hydroxyl groups is 1. The first kappa shape index (κ1) is 15.7. The molecule has 1 aliphatic carbocycles. The highest BCUT2D eigenvalue weighted by Crippen LogP contribution is 2.29.